The van der Waals surface area contributed by atoms with Crippen molar-refractivity contribution in [1.29, 1.82) is 0 Å². The summed E-state index contributed by atoms with van der Waals surface area (Å²) >= 11 is 0. The Morgan fingerprint density at radius 1 is 0.950 bits per heavy atom. The summed E-state index contributed by atoms with van der Waals surface area (Å²) in [6.45, 7) is 3.61. The molecule has 0 aromatic heterocycles. The average molecular weight is 278 g/mol. The number of rotatable bonds is 1. The number of fused-ring (bicyclic) bond motifs is 2. The normalized spacial score (nSPS) is 41.7. The van der Waals surface area contributed by atoms with Gasteiger partial charge in [0.15, 0.2) is 0 Å². The zero-order valence-corrected chi connectivity index (χ0v) is 12.8. The summed E-state index contributed by atoms with van der Waals surface area (Å²) in [5.74, 6) is 0. The highest BCUT2D eigenvalue weighted by Gasteiger charge is 2.41. The minimum absolute atomic E-state index is 0.264. The van der Waals surface area contributed by atoms with Crippen LogP contribution in [0.3, 0.4) is 0 Å². The number of hydrogen-bond acceptors (Lipinski definition) is 3. The van der Waals surface area contributed by atoms with Crippen LogP contribution in [0.1, 0.15) is 64.2 Å². The Labute approximate surface area is 123 Å². The molecule has 1 aliphatic carbocycles. The molecule has 3 aliphatic heterocycles. The van der Waals surface area contributed by atoms with Gasteiger partial charge in [-0.15, -0.1) is 0 Å². The summed E-state index contributed by atoms with van der Waals surface area (Å²) in [4.78, 5) is 2.82. The second-order valence-corrected chi connectivity index (χ2v) is 7.66. The fourth-order valence-corrected chi connectivity index (χ4v) is 5.16. The van der Waals surface area contributed by atoms with Crippen LogP contribution in [0.2, 0.25) is 0 Å². The molecule has 0 amide bonds. The molecule has 0 aromatic carbocycles. The lowest BCUT2D eigenvalue weighted by atomic mass is 9.78. The highest BCUT2D eigenvalue weighted by Crippen LogP contribution is 2.40. The smallest absolute Gasteiger partial charge is 0.0697 e. The third-order valence-electron chi connectivity index (χ3n) is 6.30. The molecule has 4 fully saturated rings. The quantitative estimate of drug-likeness (QED) is 0.798. The summed E-state index contributed by atoms with van der Waals surface area (Å²) in [5.41, 5.74) is 0.264. The Morgan fingerprint density at radius 3 is 2.70 bits per heavy atom. The lowest BCUT2D eigenvalue weighted by Crippen LogP contribution is -2.51. The van der Waals surface area contributed by atoms with E-state index in [-0.39, 0.29) is 5.60 Å². The van der Waals surface area contributed by atoms with Gasteiger partial charge in [0.1, 0.15) is 0 Å². The molecule has 0 radical (unpaired) electrons. The fraction of sp³-hybridized carbons (Fsp3) is 1.00. The van der Waals surface area contributed by atoms with Crippen LogP contribution in [0.15, 0.2) is 0 Å². The van der Waals surface area contributed by atoms with Gasteiger partial charge in [0.2, 0.25) is 0 Å². The molecule has 20 heavy (non-hydrogen) atoms. The molecule has 3 nitrogen and oxygen atoms in total. The van der Waals surface area contributed by atoms with Crippen LogP contribution >= 0.6 is 0 Å². The minimum Gasteiger partial charge on any atom is -0.375 e. The molecular formula is C17H30N2O. The van der Waals surface area contributed by atoms with Gasteiger partial charge in [-0.25, -0.2) is 0 Å². The van der Waals surface area contributed by atoms with Gasteiger partial charge in [-0.1, -0.05) is 19.3 Å². The predicted octanol–water partition coefficient (Wildman–Crippen LogP) is 2.69. The number of nitrogens with one attached hydrogen (secondary N) is 1. The first-order valence-corrected chi connectivity index (χ1v) is 8.97. The van der Waals surface area contributed by atoms with Crippen molar-refractivity contribution in [2.24, 2.45) is 0 Å². The van der Waals surface area contributed by atoms with Crippen LogP contribution in [-0.4, -0.2) is 48.3 Å². The van der Waals surface area contributed by atoms with Gasteiger partial charge in [-0.05, 0) is 51.5 Å². The summed E-state index contributed by atoms with van der Waals surface area (Å²) in [5, 5.41) is 3.82. The molecule has 1 spiro atoms. The molecule has 1 saturated carbocycles. The SMILES string of the molecule is C1CCC2(CC1)CC(N1CCC3CCC(C1)N3)CCO2. The van der Waals surface area contributed by atoms with E-state index in [1.54, 1.807) is 0 Å². The molecule has 0 aromatic rings. The van der Waals surface area contributed by atoms with Gasteiger partial charge >= 0.3 is 0 Å². The Kier molecular flexibility index (Phi) is 3.78. The highest BCUT2D eigenvalue weighted by atomic mass is 16.5. The molecule has 3 saturated heterocycles. The third kappa shape index (κ3) is 2.65. The largest absolute Gasteiger partial charge is 0.375 e. The van der Waals surface area contributed by atoms with Crippen LogP contribution < -0.4 is 5.32 Å². The molecule has 4 rings (SSSR count). The molecule has 1 N–H and O–H groups in total. The third-order valence-corrected chi connectivity index (χ3v) is 6.30. The Morgan fingerprint density at radius 2 is 1.80 bits per heavy atom. The van der Waals surface area contributed by atoms with E-state index in [0.717, 1.165) is 24.7 Å². The maximum atomic E-state index is 6.28. The van der Waals surface area contributed by atoms with E-state index in [1.165, 1.54) is 77.3 Å². The lowest BCUT2D eigenvalue weighted by Gasteiger charge is -2.47. The van der Waals surface area contributed by atoms with Gasteiger partial charge in [0, 0.05) is 31.3 Å². The second-order valence-electron chi connectivity index (χ2n) is 7.66. The average Bonchev–Trinajstić information content (AvgIpc) is 2.79. The Bertz CT molecular complexity index is 334. The molecule has 4 aliphatic rings. The Hall–Kier alpha value is -0.120. The zero-order valence-electron chi connectivity index (χ0n) is 12.8. The van der Waals surface area contributed by atoms with Crippen molar-refractivity contribution in [1.82, 2.24) is 10.2 Å². The van der Waals surface area contributed by atoms with Crippen molar-refractivity contribution >= 4 is 0 Å². The predicted molar refractivity (Wildman–Crippen MR) is 80.9 cm³/mol. The van der Waals surface area contributed by atoms with E-state index < -0.39 is 0 Å². The molecule has 3 heteroatoms. The van der Waals surface area contributed by atoms with Crippen molar-refractivity contribution in [3.05, 3.63) is 0 Å². The van der Waals surface area contributed by atoms with E-state index in [1.807, 2.05) is 0 Å². The monoisotopic (exact) mass is 278 g/mol. The Balaban J connectivity index is 1.42. The van der Waals surface area contributed by atoms with Crippen molar-refractivity contribution in [2.75, 3.05) is 19.7 Å². The van der Waals surface area contributed by atoms with E-state index in [4.69, 9.17) is 4.74 Å². The standard InChI is InChI=1S/C17H30N2O/c1-2-8-17(9-3-1)12-16(7-11-20-17)19-10-6-14-4-5-15(13-19)18-14/h14-16,18H,1-13H2. The fourth-order valence-electron chi connectivity index (χ4n) is 5.16. The molecule has 114 valence electrons. The van der Waals surface area contributed by atoms with Crippen molar-refractivity contribution in [2.45, 2.75) is 87.9 Å². The number of likely N-dealkylation sites (tertiary alicyclic amines) is 1. The zero-order chi connectivity index (χ0) is 13.4. The molecule has 2 bridgehead atoms. The minimum atomic E-state index is 0.264. The summed E-state index contributed by atoms with van der Waals surface area (Å²) in [6, 6.07) is 2.38. The lowest BCUT2D eigenvalue weighted by molar-refractivity contribution is -0.124. The van der Waals surface area contributed by atoms with Crippen LogP contribution in [0.25, 0.3) is 0 Å². The maximum absolute atomic E-state index is 6.28. The highest BCUT2D eigenvalue weighted by molar-refractivity contribution is 4.96. The van der Waals surface area contributed by atoms with Gasteiger partial charge in [0.05, 0.1) is 5.60 Å². The van der Waals surface area contributed by atoms with Gasteiger partial charge < -0.3 is 10.1 Å². The van der Waals surface area contributed by atoms with Gasteiger partial charge in [-0.3, -0.25) is 4.90 Å². The van der Waals surface area contributed by atoms with E-state index >= 15 is 0 Å². The molecule has 3 unspecified atom stereocenters. The summed E-state index contributed by atoms with van der Waals surface area (Å²) in [7, 11) is 0. The summed E-state index contributed by atoms with van der Waals surface area (Å²) < 4.78 is 6.28. The number of hydrogen-bond donors (Lipinski definition) is 1. The van der Waals surface area contributed by atoms with E-state index in [2.05, 4.69) is 10.2 Å². The topological polar surface area (TPSA) is 24.5 Å². The number of ether oxygens (including phenoxy) is 1. The summed E-state index contributed by atoms with van der Waals surface area (Å²) in [6.07, 6.45) is 13.6. The van der Waals surface area contributed by atoms with Gasteiger partial charge in [0.25, 0.3) is 0 Å². The second kappa shape index (κ2) is 5.58. The van der Waals surface area contributed by atoms with Crippen LogP contribution in [0, 0.1) is 0 Å². The first kappa shape index (κ1) is 13.5. The van der Waals surface area contributed by atoms with Crippen molar-refractivity contribution in [3.8, 4) is 0 Å². The first-order chi connectivity index (χ1) is 9.83. The molecular weight excluding hydrogens is 248 g/mol. The molecule has 3 atom stereocenters. The van der Waals surface area contributed by atoms with Crippen molar-refractivity contribution < 1.29 is 4.74 Å². The first-order valence-electron chi connectivity index (χ1n) is 8.97. The van der Waals surface area contributed by atoms with Crippen LogP contribution in [-0.2, 0) is 4.74 Å². The van der Waals surface area contributed by atoms with Crippen LogP contribution in [0.4, 0.5) is 0 Å². The van der Waals surface area contributed by atoms with Gasteiger partial charge in [-0.2, -0.15) is 0 Å². The van der Waals surface area contributed by atoms with E-state index in [9.17, 15) is 0 Å². The van der Waals surface area contributed by atoms with E-state index in [0.29, 0.717) is 0 Å². The maximum Gasteiger partial charge on any atom is 0.0697 e. The van der Waals surface area contributed by atoms with Crippen molar-refractivity contribution in [3.63, 3.8) is 0 Å². The number of nitrogens with zero attached hydrogens (tertiary/aromatic N) is 1. The van der Waals surface area contributed by atoms with Crippen LogP contribution in [0.5, 0.6) is 0 Å². The molecule has 3 heterocycles.